The van der Waals surface area contributed by atoms with Crippen LogP contribution in [0.1, 0.15) is 31.7 Å². The Kier molecular flexibility index (Phi) is 5.54. The fraction of sp³-hybridized carbons (Fsp3) is 0.600. The molecule has 1 aromatic carbocycles. The van der Waals surface area contributed by atoms with Gasteiger partial charge in [-0.1, -0.05) is 22.9 Å². The van der Waals surface area contributed by atoms with Gasteiger partial charge in [0.1, 0.15) is 0 Å². The average Bonchev–Trinajstić information content (AvgIpc) is 2.62. The smallest absolute Gasteiger partial charge is 0.382 e. The van der Waals surface area contributed by atoms with Gasteiger partial charge in [0.15, 0.2) is 0 Å². The average molecular weight is 365 g/mol. The number of alkyl halides is 3. The van der Waals surface area contributed by atoms with E-state index < -0.39 is 11.7 Å². The zero-order chi connectivity index (χ0) is 15.5. The van der Waals surface area contributed by atoms with Crippen molar-refractivity contribution in [3.63, 3.8) is 0 Å². The molecule has 21 heavy (non-hydrogen) atoms. The largest absolute Gasteiger partial charge is 0.416 e. The van der Waals surface area contributed by atoms with Crippen LogP contribution in [0, 0.1) is 0 Å². The molecule has 0 radical (unpaired) electrons. The molecule has 118 valence electrons. The van der Waals surface area contributed by atoms with Crippen LogP contribution in [-0.4, -0.2) is 30.6 Å². The molecule has 2 nitrogen and oxygen atoms in total. The van der Waals surface area contributed by atoms with E-state index >= 15 is 0 Å². The lowest BCUT2D eigenvalue weighted by molar-refractivity contribution is -0.137. The molecule has 0 aromatic heterocycles. The van der Waals surface area contributed by atoms with E-state index in [0.717, 1.165) is 45.0 Å². The molecule has 0 saturated carbocycles. The van der Waals surface area contributed by atoms with E-state index in [4.69, 9.17) is 0 Å². The Morgan fingerprint density at radius 3 is 2.67 bits per heavy atom. The summed E-state index contributed by atoms with van der Waals surface area (Å²) in [5.41, 5.74) is -0.0881. The first-order chi connectivity index (χ1) is 9.88. The highest BCUT2D eigenvalue weighted by Gasteiger charge is 2.31. The van der Waals surface area contributed by atoms with Crippen molar-refractivity contribution in [2.24, 2.45) is 0 Å². The van der Waals surface area contributed by atoms with Crippen LogP contribution in [0.4, 0.5) is 18.9 Å². The standard InChI is InChI=1S/C15H20BrF3N2/c1-2-21-6-3-4-13(5-7-21)20-14-9-11(15(17,18)19)8-12(16)10-14/h8-10,13,20H,2-7H2,1H3. The third-order valence-electron chi connectivity index (χ3n) is 3.86. The van der Waals surface area contributed by atoms with Gasteiger partial charge in [-0.05, 0) is 50.6 Å². The van der Waals surface area contributed by atoms with Crippen molar-refractivity contribution in [3.8, 4) is 0 Å². The van der Waals surface area contributed by atoms with Crippen molar-refractivity contribution in [3.05, 3.63) is 28.2 Å². The van der Waals surface area contributed by atoms with Crippen molar-refractivity contribution < 1.29 is 13.2 Å². The molecule has 1 N–H and O–H groups in total. The van der Waals surface area contributed by atoms with Crippen LogP contribution in [0.15, 0.2) is 22.7 Å². The molecule has 1 aliphatic rings. The molecule has 1 heterocycles. The molecular weight excluding hydrogens is 345 g/mol. The van der Waals surface area contributed by atoms with Gasteiger partial charge in [0.2, 0.25) is 0 Å². The second-order valence-corrected chi connectivity index (χ2v) is 6.35. The first-order valence-electron chi connectivity index (χ1n) is 7.25. The highest BCUT2D eigenvalue weighted by atomic mass is 79.9. The lowest BCUT2D eigenvalue weighted by Crippen LogP contribution is -2.26. The number of nitrogens with zero attached hydrogens (tertiary/aromatic N) is 1. The lowest BCUT2D eigenvalue weighted by Gasteiger charge is -2.20. The summed E-state index contributed by atoms with van der Waals surface area (Å²) in [6.07, 6.45) is -1.29. The number of likely N-dealkylation sites (tertiary alicyclic amines) is 1. The second kappa shape index (κ2) is 7.01. The van der Waals surface area contributed by atoms with Crippen LogP contribution >= 0.6 is 15.9 Å². The molecule has 6 heteroatoms. The van der Waals surface area contributed by atoms with Gasteiger partial charge in [0.05, 0.1) is 5.56 Å². The van der Waals surface area contributed by atoms with Crippen molar-refractivity contribution >= 4 is 21.6 Å². The van der Waals surface area contributed by atoms with Crippen molar-refractivity contribution in [1.82, 2.24) is 4.90 Å². The number of rotatable bonds is 3. The molecule has 1 atom stereocenters. The van der Waals surface area contributed by atoms with Crippen LogP contribution in [0.2, 0.25) is 0 Å². The molecule has 0 amide bonds. The minimum atomic E-state index is -4.32. The predicted molar refractivity (Wildman–Crippen MR) is 82.5 cm³/mol. The Bertz CT molecular complexity index is 476. The third-order valence-corrected chi connectivity index (χ3v) is 4.32. The molecular formula is C15H20BrF3N2. The predicted octanol–water partition coefficient (Wildman–Crippen LogP) is 4.75. The number of anilines is 1. The van der Waals surface area contributed by atoms with Gasteiger partial charge in [0.25, 0.3) is 0 Å². The number of halogens is 4. The van der Waals surface area contributed by atoms with Crippen molar-refractivity contribution in [1.29, 1.82) is 0 Å². The SMILES string of the molecule is CCN1CCCC(Nc2cc(Br)cc(C(F)(F)F)c2)CC1. The quantitative estimate of drug-likeness (QED) is 0.831. The van der Waals surface area contributed by atoms with Crippen LogP contribution < -0.4 is 5.32 Å². The number of hydrogen-bond acceptors (Lipinski definition) is 2. The maximum atomic E-state index is 12.8. The molecule has 1 saturated heterocycles. The van der Waals surface area contributed by atoms with E-state index in [-0.39, 0.29) is 6.04 Å². The van der Waals surface area contributed by atoms with Crippen molar-refractivity contribution in [2.45, 2.75) is 38.4 Å². The highest BCUT2D eigenvalue weighted by molar-refractivity contribution is 9.10. The molecule has 1 aliphatic heterocycles. The van der Waals surface area contributed by atoms with Crippen LogP contribution in [0.5, 0.6) is 0 Å². The van der Waals surface area contributed by atoms with Gasteiger partial charge in [0, 0.05) is 22.7 Å². The maximum Gasteiger partial charge on any atom is 0.416 e. The molecule has 1 aromatic rings. The van der Waals surface area contributed by atoms with Crippen LogP contribution in [0.25, 0.3) is 0 Å². The summed E-state index contributed by atoms with van der Waals surface area (Å²) in [6.45, 7) is 5.23. The van der Waals surface area contributed by atoms with Crippen LogP contribution in [0.3, 0.4) is 0 Å². The molecule has 1 fully saturated rings. The van der Waals surface area contributed by atoms with Gasteiger partial charge < -0.3 is 10.2 Å². The maximum absolute atomic E-state index is 12.8. The lowest BCUT2D eigenvalue weighted by atomic mass is 10.1. The normalized spacial score (nSPS) is 21.1. The monoisotopic (exact) mass is 364 g/mol. The highest BCUT2D eigenvalue weighted by Crippen LogP contribution is 2.33. The Balaban J connectivity index is 2.07. The van der Waals surface area contributed by atoms with Gasteiger partial charge in [-0.15, -0.1) is 0 Å². The minimum absolute atomic E-state index is 0.233. The Labute approximate surface area is 131 Å². The van der Waals surface area contributed by atoms with E-state index in [9.17, 15) is 13.2 Å². The summed E-state index contributed by atoms with van der Waals surface area (Å²) in [6, 6.07) is 4.24. The number of hydrogen-bond donors (Lipinski definition) is 1. The summed E-state index contributed by atoms with van der Waals surface area (Å²) in [5, 5.41) is 3.26. The van der Waals surface area contributed by atoms with E-state index in [1.807, 2.05) is 0 Å². The minimum Gasteiger partial charge on any atom is -0.382 e. The van der Waals surface area contributed by atoms with Gasteiger partial charge in [-0.2, -0.15) is 13.2 Å². The summed E-state index contributed by atoms with van der Waals surface area (Å²) in [5.74, 6) is 0. The molecule has 0 aliphatic carbocycles. The van der Waals surface area contributed by atoms with E-state index in [1.165, 1.54) is 6.07 Å². The first kappa shape index (κ1) is 16.6. The summed E-state index contributed by atoms with van der Waals surface area (Å²) in [7, 11) is 0. The number of nitrogens with one attached hydrogen (secondary N) is 1. The first-order valence-corrected chi connectivity index (χ1v) is 8.04. The topological polar surface area (TPSA) is 15.3 Å². The number of benzene rings is 1. The van der Waals surface area contributed by atoms with Gasteiger partial charge in [-0.3, -0.25) is 0 Å². The van der Waals surface area contributed by atoms with Crippen molar-refractivity contribution in [2.75, 3.05) is 25.0 Å². The third kappa shape index (κ3) is 4.88. The van der Waals surface area contributed by atoms with E-state index in [0.29, 0.717) is 10.2 Å². The fourth-order valence-electron chi connectivity index (χ4n) is 2.69. The molecule has 1 unspecified atom stereocenters. The van der Waals surface area contributed by atoms with E-state index in [1.54, 1.807) is 6.07 Å². The Morgan fingerprint density at radius 2 is 2.00 bits per heavy atom. The zero-order valence-electron chi connectivity index (χ0n) is 12.0. The fourth-order valence-corrected chi connectivity index (χ4v) is 3.18. The van der Waals surface area contributed by atoms with Gasteiger partial charge in [-0.25, -0.2) is 0 Å². The van der Waals surface area contributed by atoms with Crippen LogP contribution in [-0.2, 0) is 6.18 Å². The molecule has 0 spiro atoms. The van der Waals surface area contributed by atoms with E-state index in [2.05, 4.69) is 33.1 Å². The zero-order valence-corrected chi connectivity index (χ0v) is 13.6. The summed E-state index contributed by atoms with van der Waals surface area (Å²) < 4.78 is 38.9. The summed E-state index contributed by atoms with van der Waals surface area (Å²) in [4.78, 5) is 2.38. The Morgan fingerprint density at radius 1 is 1.24 bits per heavy atom. The second-order valence-electron chi connectivity index (χ2n) is 5.43. The van der Waals surface area contributed by atoms with Gasteiger partial charge >= 0.3 is 6.18 Å². The molecule has 0 bridgehead atoms. The molecule has 2 rings (SSSR count). The Hall–Kier alpha value is -0.750. The summed E-state index contributed by atoms with van der Waals surface area (Å²) >= 11 is 3.16.